The number of rotatable bonds is 5. The van der Waals surface area contributed by atoms with Crippen molar-refractivity contribution < 1.29 is 14.3 Å². The Hall–Kier alpha value is -3.07. The van der Waals surface area contributed by atoms with E-state index in [2.05, 4.69) is 0 Å². The summed E-state index contributed by atoms with van der Waals surface area (Å²) in [5, 5.41) is 0. The van der Waals surface area contributed by atoms with Gasteiger partial charge in [0.1, 0.15) is 11.5 Å². The molecule has 0 saturated heterocycles. The highest BCUT2D eigenvalue weighted by Crippen LogP contribution is 2.25. The zero-order chi connectivity index (χ0) is 18.5. The zero-order valence-electron chi connectivity index (χ0n) is 15.3. The molecule has 3 aromatic carbocycles. The number of hydrogen-bond donors (Lipinski definition) is 0. The number of ether oxygens (including phenoxy) is 2. The van der Waals surface area contributed by atoms with E-state index in [1.807, 2.05) is 75.4 Å². The molecule has 3 aromatic rings. The fraction of sp³-hybridized carbons (Fsp3) is 0.174. The summed E-state index contributed by atoms with van der Waals surface area (Å²) < 4.78 is 11.0. The summed E-state index contributed by atoms with van der Waals surface area (Å²) in [6, 6.07) is 21.6. The predicted octanol–water partition coefficient (Wildman–Crippen LogP) is 5.26. The monoisotopic (exact) mass is 346 g/mol. The van der Waals surface area contributed by atoms with Crippen LogP contribution in [-0.4, -0.2) is 12.6 Å². The number of benzene rings is 3. The highest BCUT2D eigenvalue weighted by atomic mass is 16.6. The molecule has 0 spiro atoms. The minimum absolute atomic E-state index is 0.120. The van der Waals surface area contributed by atoms with Crippen LogP contribution in [0, 0.1) is 20.8 Å². The Kier molecular flexibility index (Phi) is 5.37. The van der Waals surface area contributed by atoms with Gasteiger partial charge in [-0.1, -0.05) is 60.2 Å². The van der Waals surface area contributed by atoms with E-state index >= 15 is 0 Å². The van der Waals surface area contributed by atoms with Gasteiger partial charge in [-0.3, -0.25) is 0 Å². The van der Waals surface area contributed by atoms with Crippen molar-refractivity contribution >= 4 is 5.97 Å². The van der Waals surface area contributed by atoms with Gasteiger partial charge in [0.2, 0.25) is 0 Å². The average Bonchev–Trinajstić information content (AvgIpc) is 2.62. The summed E-state index contributed by atoms with van der Waals surface area (Å²) in [6.07, 6.45) is 0. The van der Waals surface area contributed by atoms with Gasteiger partial charge < -0.3 is 9.47 Å². The molecule has 0 fully saturated rings. The maximum atomic E-state index is 12.1. The summed E-state index contributed by atoms with van der Waals surface area (Å²) >= 11 is 0. The number of carbonyl (C=O) groups excluding carboxylic acids is 1. The quantitative estimate of drug-likeness (QED) is 0.467. The Morgan fingerprint density at radius 1 is 0.808 bits per heavy atom. The van der Waals surface area contributed by atoms with Crippen LogP contribution >= 0.6 is 0 Å². The largest absolute Gasteiger partial charge is 0.481 e. The molecule has 0 amide bonds. The van der Waals surface area contributed by atoms with Gasteiger partial charge in [-0.15, -0.1) is 0 Å². The molecule has 3 heteroatoms. The maximum absolute atomic E-state index is 12.1. The topological polar surface area (TPSA) is 35.5 Å². The Balaban J connectivity index is 1.60. The van der Waals surface area contributed by atoms with Crippen LogP contribution in [-0.2, 0) is 4.79 Å². The van der Waals surface area contributed by atoms with Crippen LogP contribution in [0.3, 0.4) is 0 Å². The lowest BCUT2D eigenvalue weighted by Gasteiger charge is -2.13. The molecule has 0 aliphatic rings. The molecule has 0 radical (unpaired) electrons. The molecule has 3 nitrogen and oxygen atoms in total. The Labute approximate surface area is 154 Å². The van der Waals surface area contributed by atoms with Crippen molar-refractivity contribution in [2.24, 2.45) is 0 Å². The summed E-state index contributed by atoms with van der Waals surface area (Å²) in [5.74, 6) is 0.833. The van der Waals surface area contributed by atoms with Crippen molar-refractivity contribution in [3.63, 3.8) is 0 Å². The van der Waals surface area contributed by atoms with Gasteiger partial charge in [-0.2, -0.15) is 0 Å². The molecule has 0 saturated carbocycles. The first-order chi connectivity index (χ1) is 12.5. The lowest BCUT2D eigenvalue weighted by Crippen LogP contribution is -2.18. The molecule has 26 heavy (non-hydrogen) atoms. The second kappa shape index (κ2) is 7.87. The number of carbonyl (C=O) groups is 1. The molecule has 0 atom stereocenters. The van der Waals surface area contributed by atoms with E-state index in [0.29, 0.717) is 5.75 Å². The third-order valence-corrected chi connectivity index (χ3v) is 4.13. The summed E-state index contributed by atoms with van der Waals surface area (Å²) in [7, 11) is 0. The minimum atomic E-state index is -0.420. The maximum Gasteiger partial charge on any atom is 0.349 e. The van der Waals surface area contributed by atoms with E-state index in [-0.39, 0.29) is 6.61 Å². The number of aryl methyl sites for hydroxylation is 3. The van der Waals surface area contributed by atoms with Gasteiger partial charge in [0.25, 0.3) is 0 Å². The lowest BCUT2D eigenvalue weighted by molar-refractivity contribution is -0.136. The molecule has 0 bridgehead atoms. The summed E-state index contributed by atoms with van der Waals surface area (Å²) in [5.41, 5.74) is 5.41. The van der Waals surface area contributed by atoms with Gasteiger partial charge in [0.05, 0.1) is 0 Å². The first-order valence-corrected chi connectivity index (χ1v) is 8.60. The van der Waals surface area contributed by atoms with Crippen molar-refractivity contribution in [1.82, 2.24) is 0 Å². The van der Waals surface area contributed by atoms with Gasteiger partial charge in [-0.05, 0) is 55.2 Å². The second-order valence-electron chi connectivity index (χ2n) is 6.38. The van der Waals surface area contributed by atoms with E-state index in [9.17, 15) is 4.79 Å². The Morgan fingerprint density at radius 3 is 2.00 bits per heavy atom. The van der Waals surface area contributed by atoms with Crippen LogP contribution in [0.1, 0.15) is 16.7 Å². The third-order valence-electron chi connectivity index (χ3n) is 4.13. The van der Waals surface area contributed by atoms with Gasteiger partial charge in [0.15, 0.2) is 6.61 Å². The van der Waals surface area contributed by atoms with Crippen LogP contribution in [0.25, 0.3) is 11.1 Å². The van der Waals surface area contributed by atoms with E-state index in [1.165, 1.54) is 5.56 Å². The van der Waals surface area contributed by atoms with Crippen molar-refractivity contribution in [1.29, 1.82) is 0 Å². The van der Waals surface area contributed by atoms with Gasteiger partial charge >= 0.3 is 5.97 Å². The van der Waals surface area contributed by atoms with Crippen molar-refractivity contribution in [2.45, 2.75) is 20.8 Å². The van der Waals surface area contributed by atoms with Crippen LogP contribution in [0.4, 0.5) is 0 Å². The normalized spacial score (nSPS) is 10.4. The molecule has 3 rings (SSSR count). The smallest absolute Gasteiger partial charge is 0.349 e. The number of esters is 1. The predicted molar refractivity (Wildman–Crippen MR) is 104 cm³/mol. The van der Waals surface area contributed by atoms with E-state index < -0.39 is 5.97 Å². The Bertz CT molecular complexity index is 873. The third kappa shape index (κ3) is 4.31. The van der Waals surface area contributed by atoms with Crippen LogP contribution in [0.2, 0.25) is 0 Å². The van der Waals surface area contributed by atoms with Crippen LogP contribution in [0.15, 0.2) is 66.7 Å². The fourth-order valence-corrected chi connectivity index (χ4v) is 3.03. The molecular weight excluding hydrogens is 324 g/mol. The van der Waals surface area contributed by atoms with E-state index in [1.54, 1.807) is 12.1 Å². The van der Waals surface area contributed by atoms with E-state index in [4.69, 9.17) is 9.47 Å². The highest BCUT2D eigenvalue weighted by molar-refractivity contribution is 5.74. The first kappa shape index (κ1) is 17.7. The lowest BCUT2D eigenvalue weighted by atomic mass is 10.1. The molecular formula is C23H22O3. The van der Waals surface area contributed by atoms with Crippen molar-refractivity contribution in [2.75, 3.05) is 6.61 Å². The molecule has 0 aliphatic carbocycles. The highest BCUT2D eigenvalue weighted by Gasteiger charge is 2.10. The minimum Gasteiger partial charge on any atom is -0.481 e. The van der Waals surface area contributed by atoms with Gasteiger partial charge in [-0.25, -0.2) is 4.79 Å². The van der Waals surface area contributed by atoms with Crippen molar-refractivity contribution in [3.8, 4) is 22.6 Å². The second-order valence-corrected chi connectivity index (χ2v) is 6.38. The fourth-order valence-electron chi connectivity index (χ4n) is 3.03. The standard InChI is InChI=1S/C23H22O3/c1-16-13-17(2)23(18(3)14-16)25-15-22(24)26-21-11-9-20(10-12-21)19-7-5-4-6-8-19/h4-14H,15H2,1-3H3. The SMILES string of the molecule is Cc1cc(C)c(OCC(=O)Oc2ccc(-c3ccccc3)cc2)c(C)c1. The van der Waals surface area contributed by atoms with E-state index in [0.717, 1.165) is 28.0 Å². The average molecular weight is 346 g/mol. The summed E-state index contributed by atoms with van der Waals surface area (Å²) in [6.45, 7) is 5.87. The zero-order valence-corrected chi connectivity index (χ0v) is 15.3. The molecule has 0 N–H and O–H groups in total. The first-order valence-electron chi connectivity index (χ1n) is 8.60. The molecule has 0 aliphatic heterocycles. The summed E-state index contributed by atoms with van der Waals surface area (Å²) in [4.78, 5) is 12.1. The van der Waals surface area contributed by atoms with Crippen molar-refractivity contribution in [3.05, 3.63) is 83.4 Å². The Morgan fingerprint density at radius 2 is 1.38 bits per heavy atom. The van der Waals surface area contributed by atoms with Crippen LogP contribution < -0.4 is 9.47 Å². The van der Waals surface area contributed by atoms with Crippen LogP contribution in [0.5, 0.6) is 11.5 Å². The molecule has 0 unspecified atom stereocenters. The molecule has 0 heterocycles. The molecule has 132 valence electrons. The van der Waals surface area contributed by atoms with Gasteiger partial charge in [0, 0.05) is 0 Å². The molecule has 0 aromatic heterocycles. The number of hydrogen-bond acceptors (Lipinski definition) is 3.